The highest BCUT2D eigenvalue weighted by Gasteiger charge is 2.30. The van der Waals surface area contributed by atoms with Crippen molar-refractivity contribution in [2.75, 3.05) is 7.11 Å². The lowest BCUT2D eigenvalue weighted by Crippen LogP contribution is -2.07. The minimum absolute atomic E-state index is 0.0335. The van der Waals surface area contributed by atoms with Crippen LogP contribution in [0.15, 0.2) is 72.8 Å². The normalized spacial score (nSPS) is 11.4. The fourth-order valence-electron chi connectivity index (χ4n) is 3.15. The second-order valence-electron chi connectivity index (χ2n) is 6.89. The van der Waals surface area contributed by atoms with Crippen LogP contribution in [0.3, 0.4) is 0 Å². The van der Waals surface area contributed by atoms with Crippen molar-refractivity contribution in [3.63, 3.8) is 0 Å². The van der Waals surface area contributed by atoms with Gasteiger partial charge in [0.05, 0.1) is 35.0 Å². The van der Waals surface area contributed by atoms with Crippen LogP contribution < -0.4 is 4.74 Å². The van der Waals surface area contributed by atoms with Gasteiger partial charge in [-0.25, -0.2) is 14.8 Å². The second kappa shape index (κ2) is 8.66. The van der Waals surface area contributed by atoms with E-state index in [0.717, 1.165) is 12.1 Å². The van der Waals surface area contributed by atoms with Gasteiger partial charge in [-0.1, -0.05) is 30.3 Å². The maximum absolute atomic E-state index is 13.1. The van der Waals surface area contributed by atoms with Gasteiger partial charge >= 0.3 is 12.1 Å². The summed E-state index contributed by atoms with van der Waals surface area (Å²) in [6.07, 6.45) is -4.47. The van der Waals surface area contributed by atoms with Crippen molar-refractivity contribution in [2.24, 2.45) is 0 Å². The minimum atomic E-state index is -4.47. The molecule has 0 atom stereocenters. The van der Waals surface area contributed by atoms with E-state index in [1.807, 2.05) is 18.2 Å². The Bertz CT molecular complexity index is 1260. The van der Waals surface area contributed by atoms with Gasteiger partial charge in [-0.2, -0.15) is 13.2 Å². The summed E-state index contributed by atoms with van der Waals surface area (Å²) in [5, 5.41) is 0. The first kappa shape index (κ1) is 21.3. The lowest BCUT2D eigenvalue weighted by molar-refractivity contribution is -0.137. The fraction of sp³-hybridized carbons (Fsp3) is 0.125. The number of carbonyl (C=O) groups excluding carboxylic acids is 1. The van der Waals surface area contributed by atoms with Gasteiger partial charge in [-0.05, 0) is 42.5 Å². The number of rotatable bonds is 5. The maximum atomic E-state index is 13.1. The molecule has 0 aliphatic rings. The van der Waals surface area contributed by atoms with Crippen LogP contribution in [0.5, 0.6) is 5.75 Å². The molecule has 3 aromatic carbocycles. The smallest absolute Gasteiger partial charge is 0.416 e. The summed E-state index contributed by atoms with van der Waals surface area (Å²) in [5.41, 5.74) is 1.69. The zero-order valence-corrected chi connectivity index (χ0v) is 16.9. The molecule has 0 unspecified atom stereocenters. The van der Waals surface area contributed by atoms with Crippen molar-refractivity contribution in [1.29, 1.82) is 0 Å². The number of hydrogen-bond acceptors (Lipinski definition) is 5. The molecule has 0 saturated heterocycles. The van der Waals surface area contributed by atoms with Gasteiger partial charge in [0.2, 0.25) is 0 Å². The maximum Gasteiger partial charge on any atom is 0.416 e. The molecule has 4 aromatic rings. The van der Waals surface area contributed by atoms with Gasteiger partial charge in [0, 0.05) is 5.56 Å². The third kappa shape index (κ3) is 4.54. The van der Waals surface area contributed by atoms with Crippen LogP contribution in [-0.4, -0.2) is 23.0 Å². The Balaban J connectivity index is 1.70. The van der Waals surface area contributed by atoms with Crippen molar-refractivity contribution in [1.82, 2.24) is 9.97 Å². The quantitative estimate of drug-likeness (QED) is 0.375. The predicted octanol–water partition coefficient (Wildman–Crippen LogP) is 5.68. The molecule has 4 rings (SSSR count). The molecule has 5 nitrogen and oxygen atoms in total. The van der Waals surface area contributed by atoms with E-state index < -0.39 is 17.7 Å². The number of benzene rings is 3. The number of nitrogens with zero attached hydrogens (tertiary/aromatic N) is 2. The highest BCUT2D eigenvalue weighted by atomic mass is 19.4. The van der Waals surface area contributed by atoms with Crippen molar-refractivity contribution >= 4 is 17.0 Å². The topological polar surface area (TPSA) is 61.3 Å². The Hall–Kier alpha value is -3.94. The first-order valence-corrected chi connectivity index (χ1v) is 9.59. The fourth-order valence-corrected chi connectivity index (χ4v) is 3.15. The molecule has 0 N–H and O–H groups in total. The molecular formula is C24H17F3N2O3. The van der Waals surface area contributed by atoms with Crippen LogP contribution >= 0.6 is 0 Å². The Morgan fingerprint density at radius 1 is 0.906 bits per heavy atom. The van der Waals surface area contributed by atoms with E-state index in [1.54, 1.807) is 36.4 Å². The molecule has 162 valence electrons. The zero-order valence-electron chi connectivity index (χ0n) is 16.9. The number of methoxy groups -OCH3 is 1. The minimum Gasteiger partial charge on any atom is -0.487 e. The van der Waals surface area contributed by atoms with Crippen molar-refractivity contribution in [3.8, 4) is 17.0 Å². The van der Waals surface area contributed by atoms with Gasteiger partial charge in [-0.15, -0.1) is 0 Å². The van der Waals surface area contributed by atoms with Crippen LogP contribution in [0.2, 0.25) is 0 Å². The Morgan fingerprint density at radius 3 is 2.28 bits per heavy atom. The number of carbonyl (C=O) groups is 1. The lowest BCUT2D eigenvalue weighted by Gasteiger charge is -2.13. The number of ether oxygens (including phenoxy) is 2. The number of hydrogen-bond donors (Lipinski definition) is 0. The standard InChI is InChI=1S/C24H17F3N2O3/c1-31-23(30)16-7-10-18(11-8-16)32-14-21-22(15-5-3-2-4-6-15)29-20-13-17(24(25,26)27)9-12-19(20)28-21/h2-13H,14H2,1H3. The van der Waals surface area contributed by atoms with Gasteiger partial charge in [0.25, 0.3) is 0 Å². The Labute approximate surface area is 181 Å². The SMILES string of the molecule is COC(=O)c1ccc(OCc2nc3ccc(C(F)(F)F)cc3nc2-c2ccccc2)cc1. The first-order chi connectivity index (χ1) is 15.3. The van der Waals surface area contributed by atoms with E-state index in [1.165, 1.54) is 13.2 Å². The molecule has 8 heteroatoms. The third-order valence-electron chi connectivity index (χ3n) is 4.76. The van der Waals surface area contributed by atoms with E-state index in [9.17, 15) is 18.0 Å². The van der Waals surface area contributed by atoms with E-state index in [0.29, 0.717) is 33.8 Å². The summed E-state index contributed by atoms with van der Waals surface area (Å²) in [4.78, 5) is 20.6. The number of alkyl halides is 3. The monoisotopic (exact) mass is 438 g/mol. The highest BCUT2D eigenvalue weighted by molar-refractivity contribution is 5.89. The van der Waals surface area contributed by atoms with Gasteiger partial charge in [-0.3, -0.25) is 0 Å². The van der Waals surface area contributed by atoms with Crippen LogP contribution in [0, 0.1) is 0 Å². The average Bonchev–Trinajstić information content (AvgIpc) is 2.81. The van der Waals surface area contributed by atoms with Crippen LogP contribution in [0.1, 0.15) is 21.6 Å². The number of halogens is 3. The number of fused-ring (bicyclic) bond motifs is 1. The van der Waals surface area contributed by atoms with Crippen molar-refractivity contribution in [3.05, 3.63) is 89.6 Å². The summed E-state index contributed by atoms with van der Waals surface area (Å²) in [5.74, 6) is 0.0347. The summed E-state index contributed by atoms with van der Waals surface area (Å²) in [6, 6.07) is 18.7. The average molecular weight is 438 g/mol. The first-order valence-electron chi connectivity index (χ1n) is 9.59. The zero-order chi connectivity index (χ0) is 22.7. The van der Waals surface area contributed by atoms with Crippen molar-refractivity contribution < 1.29 is 27.4 Å². The second-order valence-corrected chi connectivity index (χ2v) is 6.89. The predicted molar refractivity (Wildman–Crippen MR) is 112 cm³/mol. The Kier molecular flexibility index (Phi) is 5.77. The van der Waals surface area contributed by atoms with Crippen LogP contribution in [-0.2, 0) is 17.5 Å². The molecule has 1 aromatic heterocycles. The molecule has 0 spiro atoms. The van der Waals surface area contributed by atoms with Gasteiger partial charge < -0.3 is 9.47 Å². The largest absolute Gasteiger partial charge is 0.487 e. The summed E-state index contributed by atoms with van der Waals surface area (Å²) in [7, 11) is 1.30. The molecule has 0 saturated carbocycles. The molecular weight excluding hydrogens is 421 g/mol. The molecule has 0 radical (unpaired) electrons. The molecule has 1 heterocycles. The van der Waals surface area contributed by atoms with Crippen molar-refractivity contribution in [2.45, 2.75) is 12.8 Å². The third-order valence-corrected chi connectivity index (χ3v) is 4.76. The highest BCUT2D eigenvalue weighted by Crippen LogP contribution is 2.32. The molecule has 0 bridgehead atoms. The van der Waals surface area contributed by atoms with E-state index >= 15 is 0 Å². The molecule has 0 aliphatic carbocycles. The number of esters is 1. The molecule has 0 fully saturated rings. The molecule has 32 heavy (non-hydrogen) atoms. The summed E-state index contributed by atoms with van der Waals surface area (Å²) >= 11 is 0. The van der Waals surface area contributed by atoms with E-state index in [4.69, 9.17) is 4.74 Å². The lowest BCUT2D eigenvalue weighted by atomic mass is 10.1. The molecule has 0 aliphatic heterocycles. The molecule has 0 amide bonds. The van der Waals surface area contributed by atoms with Gasteiger partial charge in [0.15, 0.2) is 0 Å². The van der Waals surface area contributed by atoms with Gasteiger partial charge in [0.1, 0.15) is 18.1 Å². The number of aromatic nitrogens is 2. The summed E-state index contributed by atoms with van der Waals surface area (Å²) < 4.78 is 49.9. The Morgan fingerprint density at radius 2 is 1.62 bits per heavy atom. The summed E-state index contributed by atoms with van der Waals surface area (Å²) in [6.45, 7) is 0.0335. The van der Waals surface area contributed by atoms with E-state index in [-0.39, 0.29) is 12.1 Å². The van der Waals surface area contributed by atoms with E-state index in [2.05, 4.69) is 14.7 Å². The van der Waals surface area contributed by atoms with Crippen LogP contribution in [0.4, 0.5) is 13.2 Å². The van der Waals surface area contributed by atoms with Crippen LogP contribution in [0.25, 0.3) is 22.3 Å².